The van der Waals surface area contributed by atoms with Gasteiger partial charge in [0.2, 0.25) is 0 Å². The van der Waals surface area contributed by atoms with E-state index in [0.717, 1.165) is 25.7 Å². The van der Waals surface area contributed by atoms with Gasteiger partial charge in [0.05, 0.1) is 11.4 Å². The average molecular weight is 351 g/mol. The molecule has 0 fully saturated rings. The number of rotatable bonds is 16. The minimum atomic E-state index is -3.99. The molecule has 0 aromatic heterocycles. The third-order valence-electron chi connectivity index (χ3n) is 4.49. The highest BCUT2D eigenvalue weighted by Gasteiger charge is 2.23. The molecule has 0 amide bonds. The smallest absolute Gasteiger partial charge is 0.267 e. The summed E-state index contributed by atoms with van der Waals surface area (Å²) < 4.78 is 32.2. The van der Waals surface area contributed by atoms with Crippen molar-refractivity contribution in [3.05, 3.63) is 0 Å². The Labute approximate surface area is 143 Å². The number of hydrogen-bond acceptors (Lipinski definition) is 3. The highest BCUT2D eigenvalue weighted by molar-refractivity contribution is 7.86. The van der Waals surface area contributed by atoms with Gasteiger partial charge in [0.25, 0.3) is 10.1 Å². The molecule has 2 N–H and O–H groups in total. The van der Waals surface area contributed by atoms with Gasteiger partial charge < -0.3 is 5.11 Å². The lowest BCUT2D eigenvalue weighted by Gasteiger charge is -2.16. The van der Waals surface area contributed by atoms with Crippen LogP contribution < -0.4 is 0 Å². The SMILES string of the molecule is CCCCCCCCCCCC(CCC(O)CCC)S(=O)(=O)O. The van der Waals surface area contributed by atoms with Crippen molar-refractivity contribution >= 4 is 10.1 Å². The Balaban J connectivity index is 3.82. The molecule has 0 spiro atoms. The molecule has 0 saturated carbocycles. The van der Waals surface area contributed by atoms with E-state index in [9.17, 15) is 18.1 Å². The van der Waals surface area contributed by atoms with Crippen LogP contribution in [-0.4, -0.2) is 29.4 Å². The Hall–Kier alpha value is -0.130. The lowest BCUT2D eigenvalue weighted by molar-refractivity contribution is 0.150. The molecular weight excluding hydrogens is 312 g/mol. The van der Waals surface area contributed by atoms with Gasteiger partial charge in [-0.3, -0.25) is 4.55 Å². The fourth-order valence-electron chi connectivity index (χ4n) is 2.98. The van der Waals surface area contributed by atoms with E-state index in [-0.39, 0.29) is 0 Å². The third kappa shape index (κ3) is 14.0. The molecule has 2 atom stereocenters. The van der Waals surface area contributed by atoms with Crippen LogP contribution in [0.2, 0.25) is 0 Å². The predicted molar refractivity (Wildman–Crippen MR) is 97.3 cm³/mol. The molecule has 0 aliphatic carbocycles. The predicted octanol–water partition coefficient (Wildman–Crippen LogP) is 5.10. The van der Waals surface area contributed by atoms with Gasteiger partial charge in [-0.25, -0.2) is 0 Å². The second-order valence-electron chi connectivity index (χ2n) is 6.77. The van der Waals surface area contributed by atoms with Crippen molar-refractivity contribution in [2.75, 3.05) is 0 Å². The van der Waals surface area contributed by atoms with E-state index in [1.807, 2.05) is 6.92 Å². The van der Waals surface area contributed by atoms with Crippen LogP contribution in [0.3, 0.4) is 0 Å². The van der Waals surface area contributed by atoms with E-state index >= 15 is 0 Å². The molecule has 140 valence electrons. The third-order valence-corrected chi connectivity index (χ3v) is 5.81. The van der Waals surface area contributed by atoms with Crippen molar-refractivity contribution < 1.29 is 18.1 Å². The normalized spacial score (nSPS) is 14.8. The Kier molecular flexibility index (Phi) is 14.2. The quantitative estimate of drug-likeness (QED) is 0.300. The zero-order chi connectivity index (χ0) is 17.6. The van der Waals surface area contributed by atoms with Crippen molar-refractivity contribution in [1.82, 2.24) is 0 Å². The molecule has 0 aliphatic rings. The largest absolute Gasteiger partial charge is 0.393 e. The molecule has 0 saturated heterocycles. The summed E-state index contributed by atoms with van der Waals surface area (Å²) in [5.41, 5.74) is 0. The molecule has 0 aliphatic heterocycles. The van der Waals surface area contributed by atoms with Crippen LogP contribution in [0.15, 0.2) is 0 Å². The van der Waals surface area contributed by atoms with Gasteiger partial charge >= 0.3 is 0 Å². The fraction of sp³-hybridized carbons (Fsp3) is 1.00. The molecular formula is C18H38O4S. The minimum Gasteiger partial charge on any atom is -0.393 e. The molecule has 0 aromatic carbocycles. The number of aliphatic hydroxyl groups is 1. The van der Waals surface area contributed by atoms with E-state index in [1.165, 1.54) is 38.5 Å². The first-order valence-electron chi connectivity index (χ1n) is 9.56. The standard InChI is InChI=1S/C18H38O4S/c1-3-5-6-7-8-9-10-11-12-14-18(23(20,21)22)16-15-17(19)13-4-2/h17-19H,3-16H2,1-2H3,(H,20,21,22). The van der Waals surface area contributed by atoms with Crippen LogP contribution in [0.5, 0.6) is 0 Å². The van der Waals surface area contributed by atoms with Crippen molar-refractivity contribution in [2.45, 2.75) is 115 Å². The van der Waals surface area contributed by atoms with E-state index in [2.05, 4.69) is 6.92 Å². The average Bonchev–Trinajstić information content (AvgIpc) is 2.47. The van der Waals surface area contributed by atoms with Crippen molar-refractivity contribution in [3.63, 3.8) is 0 Å². The summed E-state index contributed by atoms with van der Waals surface area (Å²) in [7, 11) is -3.99. The Morgan fingerprint density at radius 2 is 1.22 bits per heavy atom. The summed E-state index contributed by atoms with van der Waals surface area (Å²) in [6, 6.07) is 0. The molecule has 0 aromatic rings. The summed E-state index contributed by atoms with van der Waals surface area (Å²) >= 11 is 0. The summed E-state index contributed by atoms with van der Waals surface area (Å²) in [6.07, 6.45) is 13.1. The van der Waals surface area contributed by atoms with Crippen LogP contribution >= 0.6 is 0 Å². The highest BCUT2D eigenvalue weighted by Crippen LogP contribution is 2.19. The van der Waals surface area contributed by atoms with E-state index in [0.29, 0.717) is 25.7 Å². The maximum atomic E-state index is 11.4. The van der Waals surface area contributed by atoms with Gasteiger partial charge in [-0.1, -0.05) is 78.1 Å². The number of unbranched alkanes of at least 4 members (excludes halogenated alkanes) is 8. The Morgan fingerprint density at radius 1 is 0.696 bits per heavy atom. The van der Waals surface area contributed by atoms with Gasteiger partial charge in [-0.05, 0) is 25.7 Å². The Bertz CT molecular complexity index is 354. The zero-order valence-electron chi connectivity index (χ0n) is 15.2. The van der Waals surface area contributed by atoms with Crippen LogP contribution in [0.4, 0.5) is 0 Å². The van der Waals surface area contributed by atoms with Crippen molar-refractivity contribution in [2.24, 2.45) is 0 Å². The maximum absolute atomic E-state index is 11.4. The first kappa shape index (κ1) is 22.9. The topological polar surface area (TPSA) is 74.6 Å². The van der Waals surface area contributed by atoms with Gasteiger partial charge in [-0.15, -0.1) is 0 Å². The maximum Gasteiger partial charge on any atom is 0.267 e. The lowest BCUT2D eigenvalue weighted by Crippen LogP contribution is -2.22. The molecule has 0 rings (SSSR count). The zero-order valence-corrected chi connectivity index (χ0v) is 16.0. The Morgan fingerprint density at radius 3 is 1.70 bits per heavy atom. The van der Waals surface area contributed by atoms with Crippen LogP contribution in [0, 0.1) is 0 Å². The molecule has 0 radical (unpaired) electrons. The highest BCUT2D eigenvalue weighted by atomic mass is 32.2. The second-order valence-corrected chi connectivity index (χ2v) is 8.47. The van der Waals surface area contributed by atoms with E-state index in [1.54, 1.807) is 0 Å². The minimum absolute atomic E-state index is 0.358. The van der Waals surface area contributed by atoms with Crippen LogP contribution in [0.25, 0.3) is 0 Å². The molecule has 23 heavy (non-hydrogen) atoms. The first-order valence-corrected chi connectivity index (χ1v) is 11.1. The monoisotopic (exact) mass is 350 g/mol. The molecule has 2 unspecified atom stereocenters. The lowest BCUT2D eigenvalue weighted by atomic mass is 10.0. The van der Waals surface area contributed by atoms with Crippen LogP contribution in [0.1, 0.15) is 104 Å². The first-order chi connectivity index (χ1) is 10.9. The molecule has 0 heterocycles. The van der Waals surface area contributed by atoms with Crippen molar-refractivity contribution in [1.29, 1.82) is 0 Å². The van der Waals surface area contributed by atoms with Crippen molar-refractivity contribution in [3.8, 4) is 0 Å². The van der Waals surface area contributed by atoms with Gasteiger partial charge in [0, 0.05) is 0 Å². The van der Waals surface area contributed by atoms with Gasteiger partial charge in [-0.2, -0.15) is 8.42 Å². The molecule has 5 heteroatoms. The molecule has 4 nitrogen and oxygen atoms in total. The summed E-state index contributed by atoms with van der Waals surface area (Å²) in [4.78, 5) is 0. The van der Waals surface area contributed by atoms with Gasteiger partial charge in [0.1, 0.15) is 0 Å². The fourth-order valence-corrected chi connectivity index (χ4v) is 3.88. The van der Waals surface area contributed by atoms with Crippen LogP contribution in [-0.2, 0) is 10.1 Å². The van der Waals surface area contributed by atoms with Gasteiger partial charge in [0.15, 0.2) is 0 Å². The van der Waals surface area contributed by atoms with E-state index < -0.39 is 21.5 Å². The second kappa shape index (κ2) is 14.2. The summed E-state index contributed by atoms with van der Waals surface area (Å²) in [6.45, 7) is 4.21. The van der Waals surface area contributed by atoms with E-state index in [4.69, 9.17) is 0 Å². The molecule has 0 bridgehead atoms. The summed E-state index contributed by atoms with van der Waals surface area (Å²) in [5, 5.41) is 9.01. The summed E-state index contributed by atoms with van der Waals surface area (Å²) in [5.74, 6) is 0. The number of aliphatic hydroxyl groups excluding tert-OH is 1. The number of hydrogen-bond donors (Lipinski definition) is 2.